The molecule has 4 atom stereocenters. The van der Waals surface area contributed by atoms with Gasteiger partial charge in [-0.2, -0.15) is 0 Å². The molecule has 2 rings (SSSR count). The molecule has 0 N–H and O–H groups in total. The summed E-state index contributed by atoms with van der Waals surface area (Å²) >= 11 is 0. The fourth-order valence-electron chi connectivity index (χ4n) is 8.47. The van der Waals surface area contributed by atoms with Crippen LogP contribution in [0, 0.1) is 69.0 Å². The standard InChI is InChI=1S/C31H60/c1-20-24(28(3,4)5)16-22(17-25(20)29(6,7)8)15-23-18-26(30(9,10)11)21(2)27(19-23)31(12,13)14/h20-27H,15-19H2,1-14H3. The van der Waals surface area contributed by atoms with Crippen molar-refractivity contribution in [3.05, 3.63) is 0 Å². The molecule has 0 aliphatic heterocycles. The predicted octanol–water partition coefficient (Wildman–Crippen LogP) is 10.1. The third kappa shape index (κ3) is 6.53. The second-order valence-electron chi connectivity index (χ2n) is 16.5. The van der Waals surface area contributed by atoms with Crippen molar-refractivity contribution in [3.63, 3.8) is 0 Å². The topological polar surface area (TPSA) is 0 Å². The van der Waals surface area contributed by atoms with E-state index in [-0.39, 0.29) is 0 Å². The van der Waals surface area contributed by atoms with Gasteiger partial charge in [0, 0.05) is 0 Å². The van der Waals surface area contributed by atoms with E-state index < -0.39 is 0 Å². The molecule has 2 aliphatic carbocycles. The maximum absolute atomic E-state index is 2.58. The Bertz CT molecular complexity index is 469. The van der Waals surface area contributed by atoms with E-state index in [1.54, 1.807) is 0 Å². The Balaban J connectivity index is 2.27. The lowest BCUT2D eigenvalue weighted by Gasteiger charge is -2.53. The minimum atomic E-state index is 0.421. The maximum atomic E-state index is 2.58. The fourth-order valence-corrected chi connectivity index (χ4v) is 8.47. The van der Waals surface area contributed by atoms with E-state index in [4.69, 9.17) is 0 Å². The first-order chi connectivity index (χ1) is 13.7. The number of hydrogen-bond acceptors (Lipinski definition) is 0. The highest BCUT2D eigenvalue weighted by molar-refractivity contribution is 4.97. The van der Waals surface area contributed by atoms with Gasteiger partial charge < -0.3 is 0 Å². The van der Waals surface area contributed by atoms with Crippen LogP contribution in [0.15, 0.2) is 0 Å². The molecule has 0 spiro atoms. The molecule has 0 heteroatoms. The Hall–Kier alpha value is 0. The Labute approximate surface area is 198 Å². The van der Waals surface area contributed by atoms with Gasteiger partial charge in [0.15, 0.2) is 0 Å². The van der Waals surface area contributed by atoms with Crippen molar-refractivity contribution in [1.82, 2.24) is 0 Å². The van der Waals surface area contributed by atoms with Crippen LogP contribution in [-0.2, 0) is 0 Å². The molecule has 2 aliphatic rings. The molecule has 0 aromatic rings. The van der Waals surface area contributed by atoms with Gasteiger partial charge in [0.25, 0.3) is 0 Å². The van der Waals surface area contributed by atoms with E-state index in [1.807, 2.05) is 0 Å². The fraction of sp³-hybridized carbons (Fsp3) is 1.00. The quantitative estimate of drug-likeness (QED) is 0.407. The van der Waals surface area contributed by atoms with Gasteiger partial charge in [0.1, 0.15) is 0 Å². The molecule has 0 nitrogen and oxygen atoms in total. The van der Waals surface area contributed by atoms with Gasteiger partial charge in [0.05, 0.1) is 0 Å². The number of hydrogen-bond donors (Lipinski definition) is 0. The summed E-state index contributed by atoms with van der Waals surface area (Å²) in [5.41, 5.74) is 1.68. The van der Waals surface area contributed by atoms with Crippen molar-refractivity contribution in [2.75, 3.05) is 0 Å². The van der Waals surface area contributed by atoms with Crippen LogP contribution in [0.25, 0.3) is 0 Å². The summed E-state index contributed by atoms with van der Waals surface area (Å²) in [7, 11) is 0. The van der Waals surface area contributed by atoms with Crippen LogP contribution in [0.5, 0.6) is 0 Å². The van der Waals surface area contributed by atoms with Gasteiger partial charge in [0.2, 0.25) is 0 Å². The van der Waals surface area contributed by atoms with E-state index in [0.717, 1.165) is 47.3 Å². The molecule has 0 amide bonds. The van der Waals surface area contributed by atoms with Gasteiger partial charge in [-0.05, 0) is 101 Å². The first-order valence-corrected chi connectivity index (χ1v) is 13.7. The molecule has 0 aromatic heterocycles. The first kappa shape index (κ1) is 27.2. The molecule has 0 radical (unpaired) electrons. The normalized spacial score (nSPS) is 38.9. The Morgan fingerprint density at radius 3 is 0.774 bits per heavy atom. The van der Waals surface area contributed by atoms with Crippen molar-refractivity contribution in [2.24, 2.45) is 69.0 Å². The molecule has 184 valence electrons. The molecule has 2 fully saturated rings. The molecule has 0 aromatic carbocycles. The van der Waals surface area contributed by atoms with Crippen LogP contribution in [0.3, 0.4) is 0 Å². The minimum absolute atomic E-state index is 0.421. The zero-order chi connectivity index (χ0) is 24.2. The van der Waals surface area contributed by atoms with Crippen molar-refractivity contribution >= 4 is 0 Å². The van der Waals surface area contributed by atoms with Crippen LogP contribution >= 0.6 is 0 Å². The second kappa shape index (κ2) is 8.98. The minimum Gasteiger partial charge on any atom is -0.0619 e. The van der Waals surface area contributed by atoms with Crippen LogP contribution in [0.2, 0.25) is 0 Å². The summed E-state index contributed by atoms with van der Waals surface area (Å²) in [6.45, 7) is 35.2. The van der Waals surface area contributed by atoms with Crippen LogP contribution in [0.1, 0.15) is 129 Å². The average Bonchev–Trinajstić information content (AvgIpc) is 2.53. The lowest BCUT2D eigenvalue weighted by Crippen LogP contribution is -2.45. The van der Waals surface area contributed by atoms with E-state index in [1.165, 1.54) is 32.1 Å². The molecule has 0 saturated heterocycles. The first-order valence-electron chi connectivity index (χ1n) is 13.7. The van der Waals surface area contributed by atoms with Crippen molar-refractivity contribution in [3.8, 4) is 0 Å². The lowest BCUT2D eigenvalue weighted by atomic mass is 9.52. The van der Waals surface area contributed by atoms with Crippen molar-refractivity contribution < 1.29 is 0 Å². The highest BCUT2D eigenvalue weighted by atomic mass is 14.5. The third-order valence-electron chi connectivity index (χ3n) is 10.0. The largest absolute Gasteiger partial charge is 0.0619 e. The van der Waals surface area contributed by atoms with E-state index in [9.17, 15) is 0 Å². The monoisotopic (exact) mass is 432 g/mol. The van der Waals surface area contributed by atoms with Gasteiger partial charge in [-0.1, -0.05) is 96.9 Å². The maximum Gasteiger partial charge on any atom is -0.0334 e. The molecule has 31 heavy (non-hydrogen) atoms. The lowest BCUT2D eigenvalue weighted by molar-refractivity contribution is -0.0380. The molecule has 0 heterocycles. The van der Waals surface area contributed by atoms with Gasteiger partial charge in [-0.15, -0.1) is 0 Å². The van der Waals surface area contributed by atoms with Crippen molar-refractivity contribution in [2.45, 2.75) is 129 Å². The summed E-state index contributed by atoms with van der Waals surface area (Å²) in [4.78, 5) is 0. The van der Waals surface area contributed by atoms with Gasteiger partial charge in [-0.25, -0.2) is 0 Å². The second-order valence-corrected chi connectivity index (χ2v) is 16.5. The summed E-state index contributed by atoms with van der Waals surface area (Å²) < 4.78 is 0. The molecule has 4 unspecified atom stereocenters. The Morgan fingerprint density at radius 1 is 0.419 bits per heavy atom. The highest BCUT2D eigenvalue weighted by Gasteiger charge is 2.48. The van der Waals surface area contributed by atoms with E-state index in [2.05, 4.69) is 96.9 Å². The molecular formula is C31H60. The summed E-state index contributed by atoms with van der Waals surface area (Å²) in [6.07, 6.45) is 7.33. The van der Waals surface area contributed by atoms with E-state index in [0.29, 0.717) is 21.7 Å². The summed E-state index contributed by atoms with van der Waals surface area (Å²) in [5.74, 6) is 6.95. The summed E-state index contributed by atoms with van der Waals surface area (Å²) in [6, 6.07) is 0. The summed E-state index contributed by atoms with van der Waals surface area (Å²) in [5, 5.41) is 0. The smallest absolute Gasteiger partial charge is 0.0334 e. The van der Waals surface area contributed by atoms with Crippen molar-refractivity contribution in [1.29, 1.82) is 0 Å². The average molecular weight is 433 g/mol. The van der Waals surface area contributed by atoms with E-state index >= 15 is 0 Å². The molecular weight excluding hydrogens is 372 g/mol. The predicted molar refractivity (Wildman–Crippen MR) is 140 cm³/mol. The van der Waals surface area contributed by atoms with Crippen LogP contribution in [-0.4, -0.2) is 0 Å². The van der Waals surface area contributed by atoms with Gasteiger partial charge in [-0.3, -0.25) is 0 Å². The number of rotatable bonds is 2. The Morgan fingerprint density at radius 2 is 0.613 bits per heavy atom. The van der Waals surface area contributed by atoms with Crippen LogP contribution < -0.4 is 0 Å². The third-order valence-corrected chi connectivity index (χ3v) is 10.0. The zero-order valence-electron chi connectivity index (χ0n) is 24.2. The Kier molecular flexibility index (Phi) is 7.89. The highest BCUT2D eigenvalue weighted by Crippen LogP contribution is 2.56. The zero-order valence-corrected chi connectivity index (χ0v) is 24.2. The van der Waals surface area contributed by atoms with Gasteiger partial charge >= 0.3 is 0 Å². The molecule has 2 saturated carbocycles. The SMILES string of the molecule is CC1C(C(C)(C)C)CC(CC2CC(C(C)(C)C)C(C)C(C(C)(C)C)C2)CC1C(C)(C)C. The van der Waals surface area contributed by atoms with Crippen LogP contribution in [0.4, 0.5) is 0 Å². The molecule has 0 bridgehead atoms.